The fourth-order valence-corrected chi connectivity index (χ4v) is 3.60. The fourth-order valence-electron chi connectivity index (χ4n) is 2.76. The Morgan fingerprint density at radius 3 is 2.45 bits per heavy atom. The lowest BCUT2D eigenvalue weighted by Gasteiger charge is -2.12. The molecule has 7 nitrogen and oxygen atoms in total. The largest absolute Gasteiger partial charge is 0.462 e. The summed E-state index contributed by atoms with van der Waals surface area (Å²) in [6.07, 6.45) is 3.36. The van der Waals surface area contributed by atoms with Gasteiger partial charge in [0.05, 0.1) is 17.1 Å². The number of anilines is 1. The number of ether oxygens (including phenoxy) is 1. The first-order chi connectivity index (χ1) is 15.0. The molecule has 1 saturated heterocycles. The summed E-state index contributed by atoms with van der Waals surface area (Å²) in [4.78, 5) is 50.2. The minimum Gasteiger partial charge on any atom is -0.462 e. The van der Waals surface area contributed by atoms with E-state index in [0.717, 1.165) is 35.1 Å². The maximum Gasteiger partial charge on any atom is 0.338 e. The van der Waals surface area contributed by atoms with E-state index in [9.17, 15) is 19.2 Å². The summed E-state index contributed by atoms with van der Waals surface area (Å²) in [6.45, 7) is 1.98. The van der Waals surface area contributed by atoms with Gasteiger partial charge in [0.2, 0.25) is 5.91 Å². The number of esters is 1. The van der Waals surface area contributed by atoms with E-state index in [1.165, 1.54) is 0 Å². The number of hydrogen-bond donors (Lipinski definition) is 1. The third-order valence-electron chi connectivity index (χ3n) is 4.41. The second kappa shape index (κ2) is 10.6. The van der Waals surface area contributed by atoms with Crippen LogP contribution in [0.25, 0.3) is 6.08 Å². The third-order valence-corrected chi connectivity index (χ3v) is 5.32. The van der Waals surface area contributed by atoms with Gasteiger partial charge in [-0.3, -0.25) is 19.3 Å². The zero-order chi connectivity index (χ0) is 22.2. The number of nitrogens with one attached hydrogen (secondary N) is 1. The summed E-state index contributed by atoms with van der Waals surface area (Å²) in [7, 11) is 0. The highest BCUT2D eigenvalue weighted by atomic mass is 32.2. The number of carbonyl (C=O) groups excluding carboxylic acids is 4. The molecule has 0 aromatic heterocycles. The van der Waals surface area contributed by atoms with Crippen LogP contribution in [-0.4, -0.2) is 41.1 Å². The van der Waals surface area contributed by atoms with Gasteiger partial charge in [-0.15, -0.1) is 0 Å². The Balaban J connectivity index is 1.57. The molecule has 3 amide bonds. The van der Waals surface area contributed by atoms with Gasteiger partial charge in [-0.25, -0.2) is 4.79 Å². The number of rotatable bonds is 8. The van der Waals surface area contributed by atoms with Gasteiger partial charge < -0.3 is 10.1 Å². The smallest absolute Gasteiger partial charge is 0.338 e. The standard InChI is InChI=1S/C23H22N2O5S/c1-2-3-13-30-22(28)17-9-11-18(12-10-17)24-20(26)15-25-21(27)19(31-23(25)29)14-16-7-5-4-6-8-16/h4-12,14H,2-3,13,15H2,1H3,(H,24,26). The van der Waals surface area contributed by atoms with Gasteiger partial charge in [-0.1, -0.05) is 43.7 Å². The van der Waals surface area contributed by atoms with Crippen molar-refractivity contribution in [3.63, 3.8) is 0 Å². The molecule has 0 radical (unpaired) electrons. The predicted octanol–water partition coefficient (Wildman–Crippen LogP) is 4.32. The first-order valence-electron chi connectivity index (χ1n) is 9.85. The summed E-state index contributed by atoms with van der Waals surface area (Å²) in [6, 6.07) is 15.4. The van der Waals surface area contributed by atoms with Crippen molar-refractivity contribution < 1.29 is 23.9 Å². The fraction of sp³-hybridized carbons (Fsp3) is 0.217. The Morgan fingerprint density at radius 2 is 1.77 bits per heavy atom. The van der Waals surface area contributed by atoms with E-state index in [1.807, 2.05) is 37.3 Å². The van der Waals surface area contributed by atoms with Crippen LogP contribution in [0.2, 0.25) is 0 Å². The molecule has 3 rings (SSSR count). The Bertz CT molecular complexity index is 1000. The number of unbranched alkanes of at least 4 members (excludes halogenated alkanes) is 1. The van der Waals surface area contributed by atoms with Gasteiger partial charge in [0.1, 0.15) is 6.54 Å². The molecule has 1 fully saturated rings. The van der Waals surface area contributed by atoms with Crippen molar-refractivity contribution in [2.45, 2.75) is 19.8 Å². The topological polar surface area (TPSA) is 92.8 Å². The molecular weight excluding hydrogens is 416 g/mol. The molecule has 2 aromatic carbocycles. The van der Waals surface area contributed by atoms with E-state index >= 15 is 0 Å². The zero-order valence-electron chi connectivity index (χ0n) is 17.0. The first-order valence-corrected chi connectivity index (χ1v) is 10.7. The summed E-state index contributed by atoms with van der Waals surface area (Å²) in [5.74, 6) is -1.44. The SMILES string of the molecule is CCCCOC(=O)c1ccc(NC(=O)CN2C(=O)SC(=Cc3ccccc3)C2=O)cc1. The normalized spacial score (nSPS) is 14.7. The van der Waals surface area contributed by atoms with Crippen molar-refractivity contribution in [3.05, 3.63) is 70.6 Å². The molecule has 0 saturated carbocycles. The van der Waals surface area contributed by atoms with Crippen molar-refractivity contribution in [2.24, 2.45) is 0 Å². The van der Waals surface area contributed by atoms with Crippen LogP contribution in [0, 0.1) is 0 Å². The van der Waals surface area contributed by atoms with Crippen LogP contribution < -0.4 is 5.32 Å². The highest BCUT2D eigenvalue weighted by Crippen LogP contribution is 2.32. The van der Waals surface area contributed by atoms with Gasteiger partial charge in [0.15, 0.2) is 0 Å². The van der Waals surface area contributed by atoms with Crippen molar-refractivity contribution in [3.8, 4) is 0 Å². The molecule has 0 bridgehead atoms. The molecule has 2 aromatic rings. The summed E-state index contributed by atoms with van der Waals surface area (Å²) in [5.41, 5.74) is 1.62. The molecule has 31 heavy (non-hydrogen) atoms. The van der Waals surface area contributed by atoms with E-state index < -0.39 is 29.6 Å². The quantitative estimate of drug-likeness (QED) is 0.375. The van der Waals surface area contributed by atoms with Crippen molar-refractivity contribution in [1.82, 2.24) is 4.90 Å². The predicted molar refractivity (Wildman–Crippen MR) is 119 cm³/mol. The number of benzene rings is 2. The van der Waals surface area contributed by atoms with E-state index in [-0.39, 0.29) is 4.91 Å². The maximum atomic E-state index is 12.5. The second-order valence-corrected chi connectivity index (χ2v) is 7.79. The molecule has 1 N–H and O–H groups in total. The van der Waals surface area contributed by atoms with Crippen molar-refractivity contribution in [1.29, 1.82) is 0 Å². The molecule has 0 atom stereocenters. The van der Waals surface area contributed by atoms with Crippen LogP contribution in [0.4, 0.5) is 10.5 Å². The minimum absolute atomic E-state index is 0.273. The molecule has 160 valence electrons. The van der Waals surface area contributed by atoms with Gasteiger partial charge in [0.25, 0.3) is 11.1 Å². The maximum absolute atomic E-state index is 12.5. The Morgan fingerprint density at radius 1 is 1.06 bits per heavy atom. The molecule has 0 unspecified atom stereocenters. The van der Waals surface area contributed by atoms with Crippen LogP contribution in [0.5, 0.6) is 0 Å². The van der Waals surface area contributed by atoms with Crippen LogP contribution >= 0.6 is 11.8 Å². The van der Waals surface area contributed by atoms with Gasteiger partial charge in [-0.2, -0.15) is 0 Å². The van der Waals surface area contributed by atoms with Crippen LogP contribution in [-0.2, 0) is 14.3 Å². The number of amides is 3. The molecule has 1 heterocycles. The van der Waals surface area contributed by atoms with Crippen molar-refractivity contribution >= 4 is 46.5 Å². The molecule has 1 aliphatic heterocycles. The van der Waals surface area contributed by atoms with E-state index in [1.54, 1.807) is 30.3 Å². The number of imide groups is 1. The summed E-state index contributed by atoms with van der Waals surface area (Å²) >= 11 is 0.805. The lowest BCUT2D eigenvalue weighted by Crippen LogP contribution is -2.36. The second-order valence-electron chi connectivity index (χ2n) is 6.79. The number of carbonyl (C=O) groups is 4. The molecule has 8 heteroatoms. The third kappa shape index (κ3) is 6.05. The monoisotopic (exact) mass is 438 g/mol. The lowest BCUT2D eigenvalue weighted by atomic mass is 10.2. The van der Waals surface area contributed by atoms with Gasteiger partial charge >= 0.3 is 5.97 Å². The van der Waals surface area contributed by atoms with Crippen molar-refractivity contribution in [2.75, 3.05) is 18.5 Å². The van der Waals surface area contributed by atoms with Crippen LogP contribution in [0.3, 0.4) is 0 Å². The average molecular weight is 439 g/mol. The van der Waals surface area contributed by atoms with Gasteiger partial charge in [-0.05, 0) is 54.1 Å². The highest BCUT2D eigenvalue weighted by Gasteiger charge is 2.36. The first kappa shape index (κ1) is 22.3. The van der Waals surface area contributed by atoms with E-state index in [0.29, 0.717) is 17.9 Å². The van der Waals surface area contributed by atoms with Crippen LogP contribution in [0.15, 0.2) is 59.5 Å². The summed E-state index contributed by atoms with van der Waals surface area (Å²) in [5, 5.41) is 2.13. The average Bonchev–Trinajstić information content (AvgIpc) is 3.02. The minimum atomic E-state index is -0.512. The number of thioether (sulfide) groups is 1. The molecule has 0 spiro atoms. The van der Waals surface area contributed by atoms with E-state index in [2.05, 4.69) is 5.32 Å². The zero-order valence-corrected chi connectivity index (χ0v) is 17.8. The number of hydrogen-bond acceptors (Lipinski definition) is 6. The molecule has 1 aliphatic rings. The highest BCUT2D eigenvalue weighted by molar-refractivity contribution is 8.18. The Labute approximate surface area is 184 Å². The number of nitrogens with zero attached hydrogens (tertiary/aromatic N) is 1. The Kier molecular flexibility index (Phi) is 7.61. The lowest BCUT2D eigenvalue weighted by molar-refractivity contribution is -0.127. The molecular formula is C23H22N2O5S. The van der Waals surface area contributed by atoms with Gasteiger partial charge in [0, 0.05) is 5.69 Å². The summed E-state index contributed by atoms with van der Waals surface area (Å²) < 4.78 is 5.14. The van der Waals surface area contributed by atoms with Crippen LogP contribution in [0.1, 0.15) is 35.7 Å². The van der Waals surface area contributed by atoms with E-state index in [4.69, 9.17) is 4.74 Å². The molecule has 0 aliphatic carbocycles. The Hall–Kier alpha value is -3.39.